The molecule has 3 N–H and O–H groups in total. The van der Waals surface area contributed by atoms with Crippen LogP contribution < -0.4 is 10.5 Å². The second kappa shape index (κ2) is 7.40. The molecule has 0 saturated heterocycles. The maximum atomic E-state index is 12.8. The Morgan fingerprint density at radius 1 is 1.27 bits per heavy atom. The summed E-state index contributed by atoms with van der Waals surface area (Å²) in [6.45, 7) is 3.84. The van der Waals surface area contributed by atoms with Gasteiger partial charge in [-0.05, 0) is 78.3 Å². The fourth-order valence-electron chi connectivity index (χ4n) is 2.90. The fraction of sp³-hybridized carbons (Fsp3) is 0.278. The van der Waals surface area contributed by atoms with E-state index in [0.29, 0.717) is 10.9 Å². The van der Waals surface area contributed by atoms with Gasteiger partial charge >= 0.3 is 0 Å². The molecule has 1 unspecified atom stereocenters. The number of hydrogen-bond acceptors (Lipinski definition) is 5. The van der Waals surface area contributed by atoms with Gasteiger partial charge in [0.25, 0.3) is 10.0 Å². The minimum absolute atomic E-state index is 0.289. The van der Waals surface area contributed by atoms with E-state index in [2.05, 4.69) is 32.3 Å². The molecule has 1 aliphatic rings. The molecular weight excluding hydrogens is 481 g/mol. The smallest absolute Gasteiger partial charge is 0.262 e. The van der Waals surface area contributed by atoms with Crippen molar-refractivity contribution in [2.45, 2.75) is 30.7 Å². The van der Waals surface area contributed by atoms with Crippen LogP contribution in [0.15, 0.2) is 52.4 Å². The average molecular weight is 501 g/mol. The highest BCUT2D eigenvalue weighted by Gasteiger charge is 2.30. The Bertz CT molecular complexity index is 976. The summed E-state index contributed by atoms with van der Waals surface area (Å²) in [5.41, 5.74) is 7.67. The van der Waals surface area contributed by atoms with Crippen molar-refractivity contribution in [2.75, 3.05) is 10.5 Å². The van der Waals surface area contributed by atoms with Gasteiger partial charge in [0, 0.05) is 15.0 Å². The van der Waals surface area contributed by atoms with Crippen LogP contribution in [0.25, 0.3) is 0 Å². The molecule has 0 amide bonds. The Hall–Kier alpha value is -1.26. The van der Waals surface area contributed by atoms with Crippen LogP contribution in [0.1, 0.15) is 24.5 Å². The SMILES string of the molecule is Cc1c(I)cccc1S(=O)(=O)Nc1cccc(C2(C)CCSC(N)=N2)c1. The first kappa shape index (κ1) is 19.5. The Morgan fingerprint density at radius 2 is 2.00 bits per heavy atom. The van der Waals surface area contributed by atoms with Crippen molar-refractivity contribution >= 4 is 55.2 Å². The summed E-state index contributed by atoms with van der Waals surface area (Å²) in [7, 11) is -3.66. The fourth-order valence-corrected chi connectivity index (χ4v) is 5.88. The van der Waals surface area contributed by atoms with Crippen LogP contribution in [0.3, 0.4) is 0 Å². The summed E-state index contributed by atoms with van der Waals surface area (Å²) in [6, 6.07) is 12.6. The number of nitrogens with zero attached hydrogens (tertiary/aromatic N) is 1. The summed E-state index contributed by atoms with van der Waals surface area (Å²) >= 11 is 3.68. The third kappa shape index (κ3) is 4.01. The lowest BCUT2D eigenvalue weighted by atomic mass is 9.89. The van der Waals surface area contributed by atoms with Crippen LogP contribution in [0.4, 0.5) is 5.69 Å². The quantitative estimate of drug-likeness (QED) is 0.619. The van der Waals surface area contributed by atoms with Crippen LogP contribution in [-0.4, -0.2) is 19.3 Å². The molecule has 1 heterocycles. The van der Waals surface area contributed by atoms with Gasteiger partial charge in [-0.15, -0.1) is 0 Å². The van der Waals surface area contributed by atoms with Gasteiger partial charge in [-0.3, -0.25) is 9.71 Å². The third-order valence-corrected chi connectivity index (χ3v) is 7.93. The molecule has 26 heavy (non-hydrogen) atoms. The molecule has 1 atom stereocenters. The predicted octanol–water partition coefficient (Wildman–Crippen LogP) is 4.07. The number of thioether (sulfide) groups is 1. The molecule has 2 aromatic rings. The Morgan fingerprint density at radius 3 is 2.73 bits per heavy atom. The zero-order chi connectivity index (χ0) is 18.9. The molecule has 3 rings (SSSR count). The van der Waals surface area contributed by atoms with Gasteiger partial charge in [0.2, 0.25) is 0 Å². The summed E-state index contributed by atoms with van der Waals surface area (Å²) in [5, 5.41) is 0.569. The van der Waals surface area contributed by atoms with Gasteiger partial charge < -0.3 is 5.73 Å². The maximum Gasteiger partial charge on any atom is 0.262 e. The van der Waals surface area contributed by atoms with E-state index in [1.807, 2.05) is 38.1 Å². The summed E-state index contributed by atoms with van der Waals surface area (Å²) < 4.78 is 29.3. The standard InChI is InChI=1S/C18H20IN3O2S2/c1-12-15(19)7-4-8-16(12)26(23,24)22-14-6-3-5-13(11-14)18(2)9-10-25-17(20)21-18/h3-8,11,22H,9-10H2,1-2H3,(H2,20,21). The van der Waals surface area contributed by atoms with Crippen LogP contribution >= 0.6 is 34.4 Å². The topological polar surface area (TPSA) is 84.5 Å². The van der Waals surface area contributed by atoms with Crippen molar-refractivity contribution in [1.82, 2.24) is 0 Å². The van der Waals surface area contributed by atoms with Gasteiger partial charge in [0.15, 0.2) is 5.17 Å². The van der Waals surface area contributed by atoms with E-state index in [-0.39, 0.29) is 4.90 Å². The van der Waals surface area contributed by atoms with E-state index in [4.69, 9.17) is 5.73 Å². The van der Waals surface area contributed by atoms with E-state index in [1.165, 1.54) is 0 Å². The lowest BCUT2D eigenvalue weighted by molar-refractivity contribution is 0.482. The highest BCUT2D eigenvalue weighted by molar-refractivity contribution is 14.1. The number of rotatable bonds is 4. The maximum absolute atomic E-state index is 12.8. The number of sulfonamides is 1. The van der Waals surface area contributed by atoms with Gasteiger partial charge in [-0.2, -0.15) is 0 Å². The molecule has 0 bridgehead atoms. The van der Waals surface area contributed by atoms with Crippen molar-refractivity contribution < 1.29 is 8.42 Å². The second-order valence-electron chi connectivity index (χ2n) is 6.37. The molecule has 0 spiro atoms. The normalized spacial score (nSPS) is 20.5. The molecule has 0 aromatic heterocycles. The summed E-state index contributed by atoms with van der Waals surface area (Å²) in [5.74, 6) is 0.892. The Labute approximate surface area is 172 Å². The van der Waals surface area contributed by atoms with Gasteiger partial charge in [-0.1, -0.05) is 30.0 Å². The van der Waals surface area contributed by atoms with Crippen LogP contribution in [0, 0.1) is 10.5 Å². The molecule has 0 radical (unpaired) electrons. The van der Waals surface area contributed by atoms with Crippen LogP contribution in [0.2, 0.25) is 0 Å². The Kier molecular flexibility index (Phi) is 5.55. The number of nitrogens with two attached hydrogens (primary N) is 1. The van der Waals surface area contributed by atoms with Crippen molar-refractivity contribution in [2.24, 2.45) is 10.7 Å². The first-order valence-electron chi connectivity index (χ1n) is 8.08. The molecule has 138 valence electrons. The zero-order valence-electron chi connectivity index (χ0n) is 14.5. The van der Waals surface area contributed by atoms with E-state index in [9.17, 15) is 8.42 Å². The first-order chi connectivity index (χ1) is 12.2. The second-order valence-corrected chi connectivity index (χ2v) is 10.3. The summed E-state index contributed by atoms with van der Waals surface area (Å²) in [4.78, 5) is 4.87. The molecule has 0 aliphatic carbocycles. The lowest BCUT2D eigenvalue weighted by Crippen LogP contribution is -2.28. The van der Waals surface area contributed by atoms with E-state index >= 15 is 0 Å². The van der Waals surface area contributed by atoms with E-state index < -0.39 is 15.6 Å². The molecular formula is C18H20IN3O2S2. The largest absolute Gasteiger partial charge is 0.379 e. The number of anilines is 1. The lowest BCUT2D eigenvalue weighted by Gasteiger charge is -2.30. The minimum atomic E-state index is -3.66. The number of halogens is 1. The number of amidine groups is 1. The van der Waals surface area contributed by atoms with Crippen molar-refractivity contribution in [3.63, 3.8) is 0 Å². The molecule has 1 aliphatic heterocycles. The van der Waals surface area contributed by atoms with Crippen LogP contribution in [-0.2, 0) is 15.6 Å². The highest BCUT2D eigenvalue weighted by Crippen LogP contribution is 2.36. The van der Waals surface area contributed by atoms with Crippen molar-refractivity contribution in [3.05, 3.63) is 57.2 Å². The third-order valence-electron chi connectivity index (χ3n) is 4.44. The van der Waals surface area contributed by atoms with Gasteiger partial charge in [-0.25, -0.2) is 8.42 Å². The van der Waals surface area contributed by atoms with Crippen molar-refractivity contribution in [1.29, 1.82) is 0 Å². The number of aliphatic imine (C=N–C) groups is 1. The molecule has 2 aromatic carbocycles. The number of nitrogens with one attached hydrogen (secondary N) is 1. The monoisotopic (exact) mass is 501 g/mol. The zero-order valence-corrected chi connectivity index (χ0v) is 18.3. The molecule has 5 nitrogen and oxygen atoms in total. The average Bonchev–Trinajstić information content (AvgIpc) is 2.57. The van der Waals surface area contributed by atoms with Crippen molar-refractivity contribution in [3.8, 4) is 0 Å². The predicted molar refractivity (Wildman–Crippen MR) is 117 cm³/mol. The highest BCUT2D eigenvalue weighted by atomic mass is 127. The first-order valence-corrected chi connectivity index (χ1v) is 11.6. The Balaban J connectivity index is 1.94. The number of benzene rings is 2. The van der Waals surface area contributed by atoms with Gasteiger partial charge in [0.05, 0.1) is 10.4 Å². The van der Waals surface area contributed by atoms with Gasteiger partial charge in [0.1, 0.15) is 0 Å². The van der Waals surface area contributed by atoms with E-state index in [0.717, 1.165) is 26.9 Å². The number of hydrogen-bond donors (Lipinski definition) is 2. The minimum Gasteiger partial charge on any atom is -0.379 e. The van der Waals surface area contributed by atoms with E-state index in [1.54, 1.807) is 30.0 Å². The molecule has 8 heteroatoms. The molecule has 0 fully saturated rings. The summed E-state index contributed by atoms with van der Waals surface area (Å²) in [6.07, 6.45) is 0.852. The molecule has 0 saturated carbocycles. The van der Waals surface area contributed by atoms with Crippen LogP contribution in [0.5, 0.6) is 0 Å².